The van der Waals surface area contributed by atoms with Crippen LogP contribution in [0.3, 0.4) is 0 Å². The third-order valence-electron chi connectivity index (χ3n) is 14.2. The van der Waals surface area contributed by atoms with E-state index in [1.807, 2.05) is 31.0 Å². The molecule has 0 bridgehead atoms. The largest absolute Gasteiger partial charge is 0.464 e. The number of nitrogens with zero attached hydrogens (tertiary/aromatic N) is 2. The van der Waals surface area contributed by atoms with E-state index in [9.17, 15) is 39.3 Å². The molecule has 0 aromatic heterocycles. The first-order chi connectivity index (χ1) is 34.3. The van der Waals surface area contributed by atoms with Crippen LogP contribution in [0.5, 0.6) is 0 Å². The van der Waals surface area contributed by atoms with E-state index in [0.29, 0.717) is 49.2 Å². The van der Waals surface area contributed by atoms with Gasteiger partial charge in [0.25, 0.3) is 11.7 Å². The highest BCUT2D eigenvalue weighted by Gasteiger charge is 2.51. The monoisotopic (exact) mass is 1030 g/mol. The number of rotatable bonds is 17. The maximum absolute atomic E-state index is 13.4. The summed E-state index contributed by atoms with van der Waals surface area (Å²) in [7, 11) is 4.10. The molecule has 16 nitrogen and oxygen atoms in total. The number of benzene rings is 1. The fraction of sp³-hybridized carbons (Fsp3) is 0.691. The van der Waals surface area contributed by atoms with Crippen LogP contribution in [0.15, 0.2) is 53.6 Å². The first-order valence-corrected chi connectivity index (χ1v) is 26.2. The molecule has 2 saturated heterocycles. The number of ketones is 3. The summed E-state index contributed by atoms with van der Waals surface area (Å²) in [5, 5.41) is 40.1. The first-order valence-electron chi connectivity index (χ1n) is 25.9. The number of methoxy groups -OCH3 is 2. The molecule has 0 radical (unpaired) electrons. The van der Waals surface area contributed by atoms with E-state index in [-0.39, 0.29) is 67.4 Å². The van der Waals surface area contributed by atoms with Crippen molar-refractivity contribution in [3.8, 4) is 0 Å². The zero-order valence-electron chi connectivity index (χ0n) is 44.5. The average molecular weight is 1030 g/mol. The predicted molar refractivity (Wildman–Crippen MR) is 276 cm³/mol. The van der Waals surface area contributed by atoms with Crippen LogP contribution in [-0.2, 0) is 54.2 Å². The molecule has 1 aliphatic carbocycles. The zero-order valence-corrected chi connectivity index (χ0v) is 45.2. The molecule has 1 aromatic carbocycles. The number of para-hydroxylation sites is 1. The molecule has 5 aliphatic rings. The van der Waals surface area contributed by atoms with Gasteiger partial charge in [0.2, 0.25) is 5.79 Å². The van der Waals surface area contributed by atoms with Crippen molar-refractivity contribution in [1.82, 2.24) is 4.90 Å². The minimum Gasteiger partial charge on any atom is -0.464 e. The Morgan fingerprint density at radius 1 is 0.972 bits per heavy atom. The smallest absolute Gasteiger partial charge is 0.328 e. The van der Waals surface area contributed by atoms with Crippen molar-refractivity contribution in [3.05, 3.63) is 64.2 Å². The van der Waals surface area contributed by atoms with Gasteiger partial charge in [-0.2, -0.15) is 0 Å². The van der Waals surface area contributed by atoms with E-state index < -0.39 is 47.6 Å². The summed E-state index contributed by atoms with van der Waals surface area (Å²) in [5.74, 6) is -5.30. The van der Waals surface area contributed by atoms with E-state index in [1.165, 1.54) is 30.9 Å². The van der Waals surface area contributed by atoms with Crippen molar-refractivity contribution in [2.24, 2.45) is 17.8 Å². The van der Waals surface area contributed by atoms with E-state index in [1.54, 1.807) is 27.0 Å². The van der Waals surface area contributed by atoms with Gasteiger partial charge in [0.15, 0.2) is 5.78 Å². The summed E-state index contributed by atoms with van der Waals surface area (Å²) in [6.45, 7) is 13.7. The van der Waals surface area contributed by atoms with Gasteiger partial charge in [0.05, 0.1) is 42.2 Å². The lowest BCUT2D eigenvalue weighted by Gasteiger charge is -2.45. The summed E-state index contributed by atoms with van der Waals surface area (Å²) in [6.07, 6.45) is 16.5. The Labute approximate surface area is 433 Å². The van der Waals surface area contributed by atoms with Gasteiger partial charge in [0, 0.05) is 46.1 Å². The Morgan fingerprint density at radius 3 is 2.28 bits per heavy atom. The average Bonchev–Trinajstić information content (AvgIpc) is 3.38. The summed E-state index contributed by atoms with van der Waals surface area (Å²) < 4.78 is 20.9. The predicted octanol–water partition coefficient (Wildman–Crippen LogP) is 7.38. The van der Waals surface area contributed by atoms with Gasteiger partial charge in [-0.05, 0) is 115 Å². The molecule has 406 valence electrons. The summed E-state index contributed by atoms with van der Waals surface area (Å²) in [4.78, 5) is 69.9. The lowest BCUT2D eigenvalue weighted by Crippen LogP contribution is -2.59. The fourth-order valence-electron chi connectivity index (χ4n) is 9.68. The van der Waals surface area contributed by atoms with Crippen molar-refractivity contribution in [3.63, 3.8) is 0 Å². The molecule has 72 heavy (non-hydrogen) atoms. The number of esters is 1. The van der Waals surface area contributed by atoms with Crippen LogP contribution in [0, 0.1) is 17.8 Å². The van der Waals surface area contributed by atoms with Crippen LogP contribution in [-0.4, -0.2) is 144 Å². The van der Waals surface area contributed by atoms with Crippen molar-refractivity contribution in [1.29, 1.82) is 0 Å². The topological polar surface area (TPSA) is 219 Å². The molecule has 6 rings (SSSR count). The second-order valence-corrected chi connectivity index (χ2v) is 20.0. The van der Waals surface area contributed by atoms with Crippen LogP contribution >= 0.6 is 11.6 Å². The Hall–Kier alpha value is -3.84. The summed E-state index contributed by atoms with van der Waals surface area (Å²) in [6, 6.07) is 5.05. The highest BCUT2D eigenvalue weighted by molar-refractivity contribution is 6.39. The lowest BCUT2D eigenvalue weighted by atomic mass is 9.78. The lowest BCUT2D eigenvalue weighted by molar-refractivity contribution is -0.240. The van der Waals surface area contributed by atoms with Crippen LogP contribution in [0.1, 0.15) is 138 Å². The van der Waals surface area contributed by atoms with Crippen LogP contribution < -0.4 is 5.06 Å². The summed E-state index contributed by atoms with van der Waals surface area (Å²) in [5.41, 5.74) is 3.78. The molecule has 4 aliphatic heterocycles. The minimum atomic E-state index is -2.09. The second-order valence-electron chi connectivity index (χ2n) is 19.6. The molecule has 0 spiro atoms. The SMILES string of the molecule is CC/C(C)=C/C1C=CC2[C@H](CC(C)C(=O)[C@H](OC)C(O)/C(C)=C/CC(C)=O)Cc3cccc(Cl)c3N2O1.CCCOC(=O)C1CCCCN1C(=O)C(=O)C1(O)OCCCC1C.CO.CO[C@@H]1CCCCC1O. The van der Waals surface area contributed by atoms with Gasteiger partial charge in [0.1, 0.15) is 30.1 Å². The van der Waals surface area contributed by atoms with Gasteiger partial charge >= 0.3 is 5.97 Å². The Balaban J connectivity index is 0.000000332. The maximum Gasteiger partial charge on any atom is 0.328 e. The van der Waals surface area contributed by atoms with Crippen molar-refractivity contribution in [2.45, 2.75) is 187 Å². The molecule has 4 heterocycles. The number of aliphatic hydroxyl groups is 4. The number of ether oxygens (including phenoxy) is 4. The number of carbonyl (C=O) groups excluding carboxylic acids is 5. The van der Waals surface area contributed by atoms with Crippen LogP contribution in [0.25, 0.3) is 0 Å². The summed E-state index contributed by atoms with van der Waals surface area (Å²) >= 11 is 6.63. The number of allylic oxidation sites excluding steroid dienone is 2. The van der Waals surface area contributed by atoms with Gasteiger partial charge in [-0.1, -0.05) is 94.1 Å². The number of hydroxylamine groups is 1. The molecular weight excluding hydrogens is 948 g/mol. The minimum absolute atomic E-state index is 0.00668. The number of carbonyl (C=O) groups is 5. The maximum atomic E-state index is 13.4. The number of hydrogen-bond donors (Lipinski definition) is 4. The molecule has 1 saturated carbocycles. The number of hydrogen-bond acceptors (Lipinski definition) is 15. The van der Waals surface area contributed by atoms with E-state index in [0.717, 1.165) is 63.3 Å². The second kappa shape index (κ2) is 31.1. The van der Waals surface area contributed by atoms with Gasteiger partial charge in [-0.3, -0.25) is 24.0 Å². The quantitative estimate of drug-likeness (QED) is 0.0680. The molecule has 17 heteroatoms. The highest BCUT2D eigenvalue weighted by Crippen LogP contribution is 2.44. The van der Waals surface area contributed by atoms with Gasteiger partial charge < -0.3 is 44.3 Å². The number of Topliss-reactive ketones (excluding diaryl/α,β-unsaturated/α-hetero) is 3. The molecule has 4 N–H and O–H groups in total. The van der Waals surface area contributed by atoms with E-state index in [2.05, 4.69) is 38.1 Å². The third kappa shape index (κ3) is 17.1. The molecule has 11 atom stereocenters. The van der Waals surface area contributed by atoms with Crippen LogP contribution in [0.2, 0.25) is 5.02 Å². The van der Waals surface area contributed by atoms with E-state index in [4.69, 9.17) is 40.5 Å². The normalized spacial score (nSPS) is 27.3. The number of amides is 1. The zero-order chi connectivity index (χ0) is 53.7. The van der Waals surface area contributed by atoms with Gasteiger partial charge in [-0.15, -0.1) is 0 Å². The Bertz CT molecular complexity index is 2010. The molecule has 3 fully saturated rings. The van der Waals surface area contributed by atoms with Gasteiger partial charge in [-0.25, -0.2) is 9.86 Å². The van der Waals surface area contributed by atoms with Crippen molar-refractivity contribution >= 4 is 46.5 Å². The number of anilines is 1. The fourth-order valence-corrected chi connectivity index (χ4v) is 9.96. The molecule has 1 amide bonds. The highest BCUT2D eigenvalue weighted by atomic mass is 35.5. The van der Waals surface area contributed by atoms with Crippen molar-refractivity contribution in [2.75, 3.05) is 46.2 Å². The van der Waals surface area contributed by atoms with E-state index >= 15 is 0 Å². The Kier molecular flexibility index (Phi) is 27.0. The Morgan fingerprint density at radius 2 is 1.67 bits per heavy atom. The molecule has 1 aromatic rings. The third-order valence-corrected chi connectivity index (χ3v) is 14.5. The standard InChI is InChI=1S/C30H40ClNO5.C17H27NO6.C7H14O2.CH4O/c1-7-18(2)15-24-13-14-26-23(17-22-9-8-10-25(31)27(22)32(26)37-24)16-20(4)29(35)30(36-6)28(34)19(3)11-12-21(5)33;1-3-10-23-16(21)13-8-4-5-9-18(13)15(20)14(19)17(22)12(2)7-6-11-24-17;1-9-7-5-3-2-4-6(7)8;1-2/h8-11,13-15,20,23-24,26,28,30,34H,7,12,16-17H2,1-6H3;12-13,22H,3-11H2,1-2H3;6-8H,2-5H2,1H3;2H,1H3/b18-15+,19-11+;;;/t20?,23-,24?,26?,28?,30-;;6?,7-;/m1.1./s1. The number of likely N-dealkylation sites (tertiary alicyclic amines) is 1. The number of fused-ring (bicyclic) bond motifs is 3. The number of halogens is 1. The molecule has 8 unspecified atom stereocenters. The van der Waals surface area contributed by atoms with Crippen LogP contribution in [0.4, 0.5) is 5.69 Å². The number of aliphatic hydroxyl groups excluding tert-OH is 3. The first kappa shape index (κ1) is 62.5. The molecular formula is C55H85ClN2O14. The number of piperidine rings is 1. The van der Waals surface area contributed by atoms with Crippen molar-refractivity contribution < 1.29 is 68.2 Å².